The summed E-state index contributed by atoms with van der Waals surface area (Å²) in [4.78, 5) is 26.4. The second kappa shape index (κ2) is 10.1. The molecule has 0 bridgehead atoms. The Balaban J connectivity index is 1.51. The Kier molecular flexibility index (Phi) is 6.94. The maximum atomic E-state index is 13.7. The van der Waals surface area contributed by atoms with Gasteiger partial charge in [-0.15, -0.1) is 0 Å². The largest absolute Gasteiger partial charge is 0.418 e. The van der Waals surface area contributed by atoms with Crippen LogP contribution in [0.3, 0.4) is 0 Å². The number of aromatic nitrogens is 4. The number of fused-ring (bicyclic) bond motifs is 1. The first-order valence-electron chi connectivity index (χ1n) is 12.5. The van der Waals surface area contributed by atoms with E-state index in [1.807, 2.05) is 0 Å². The molecule has 39 heavy (non-hydrogen) atoms. The second-order valence-corrected chi connectivity index (χ2v) is 9.84. The number of aryl methyl sites for hydroxylation is 1. The minimum atomic E-state index is -4.66. The summed E-state index contributed by atoms with van der Waals surface area (Å²) in [6.45, 7) is 1.21. The van der Waals surface area contributed by atoms with Crippen molar-refractivity contribution in [2.45, 2.75) is 63.3 Å². The number of hydrogen-bond acceptors (Lipinski definition) is 4. The van der Waals surface area contributed by atoms with Crippen LogP contribution in [-0.2, 0) is 18.9 Å². The van der Waals surface area contributed by atoms with Crippen LogP contribution < -0.4 is 5.56 Å². The molecular weight excluding hydrogens is 522 g/mol. The zero-order chi connectivity index (χ0) is 27.9. The topological polar surface area (TPSA) is 60.7 Å². The molecular formula is C28H24F6N4O. The molecule has 1 aromatic carbocycles. The van der Waals surface area contributed by atoms with Crippen LogP contribution in [-0.4, -0.2) is 19.5 Å². The molecule has 11 heteroatoms. The molecule has 0 spiro atoms. The fourth-order valence-corrected chi connectivity index (χ4v) is 5.47. The lowest BCUT2D eigenvalue weighted by Crippen LogP contribution is -2.29. The van der Waals surface area contributed by atoms with Crippen LogP contribution >= 0.6 is 0 Å². The predicted molar refractivity (Wildman–Crippen MR) is 132 cm³/mol. The molecule has 1 fully saturated rings. The van der Waals surface area contributed by atoms with E-state index in [2.05, 4.69) is 15.0 Å². The van der Waals surface area contributed by atoms with Crippen molar-refractivity contribution in [3.63, 3.8) is 0 Å². The summed E-state index contributed by atoms with van der Waals surface area (Å²) < 4.78 is 82.8. The maximum absolute atomic E-state index is 13.7. The molecule has 1 saturated carbocycles. The van der Waals surface area contributed by atoms with Gasteiger partial charge in [-0.3, -0.25) is 19.3 Å². The Labute approximate surface area is 219 Å². The van der Waals surface area contributed by atoms with E-state index in [1.165, 1.54) is 35.2 Å². The first-order valence-corrected chi connectivity index (χ1v) is 12.5. The molecule has 1 aliphatic rings. The van der Waals surface area contributed by atoms with Crippen LogP contribution in [0.4, 0.5) is 26.3 Å². The molecule has 0 N–H and O–H groups in total. The molecule has 0 amide bonds. The van der Waals surface area contributed by atoms with Gasteiger partial charge in [0.15, 0.2) is 5.65 Å². The Morgan fingerprint density at radius 2 is 1.46 bits per heavy atom. The van der Waals surface area contributed by atoms with Crippen LogP contribution in [0.15, 0.2) is 59.7 Å². The van der Waals surface area contributed by atoms with Gasteiger partial charge in [0.2, 0.25) is 0 Å². The van der Waals surface area contributed by atoms with Gasteiger partial charge < -0.3 is 0 Å². The maximum Gasteiger partial charge on any atom is 0.418 e. The third kappa shape index (κ3) is 5.39. The van der Waals surface area contributed by atoms with Crippen molar-refractivity contribution in [3.05, 3.63) is 98.9 Å². The summed E-state index contributed by atoms with van der Waals surface area (Å²) in [5.41, 5.74) is -0.809. The van der Waals surface area contributed by atoms with Gasteiger partial charge in [0, 0.05) is 18.0 Å². The average Bonchev–Trinajstić information content (AvgIpc) is 2.90. The molecule has 0 saturated heterocycles. The monoisotopic (exact) mass is 546 g/mol. The standard InChI is InChI=1S/C28H24F6N4O/c1-16-14-36-23-13-20(18-10-8-17(9-11-18)19-5-2-3-6-21(19)27(29,30)31)26(39)38(25(23)37-16)15-24-22(28(32,33)34)7-4-12-35-24/h2-7,12-14,17-18H,8-11,15H2,1H3. The lowest BCUT2D eigenvalue weighted by atomic mass is 9.75. The number of nitrogens with zero attached hydrogens (tertiary/aromatic N) is 4. The highest BCUT2D eigenvalue weighted by atomic mass is 19.4. The van der Waals surface area contributed by atoms with Gasteiger partial charge in [-0.05, 0) is 74.3 Å². The first-order chi connectivity index (χ1) is 18.4. The molecule has 5 nitrogen and oxygen atoms in total. The highest BCUT2D eigenvalue weighted by Crippen LogP contribution is 2.44. The molecule has 0 radical (unpaired) electrons. The van der Waals surface area contributed by atoms with E-state index in [-0.39, 0.29) is 28.7 Å². The third-order valence-corrected chi connectivity index (χ3v) is 7.32. The summed E-state index contributed by atoms with van der Waals surface area (Å²) in [7, 11) is 0. The van der Waals surface area contributed by atoms with Crippen LogP contribution in [0.1, 0.15) is 71.2 Å². The fraction of sp³-hybridized carbons (Fsp3) is 0.357. The van der Waals surface area contributed by atoms with Crippen LogP contribution in [0.5, 0.6) is 0 Å². The molecule has 1 aliphatic carbocycles. The SMILES string of the molecule is Cc1cnc2cc(C3CCC(c4ccccc4C(F)(F)F)CC3)c(=O)n(Cc3ncccc3C(F)(F)F)c2n1. The highest BCUT2D eigenvalue weighted by Gasteiger charge is 2.37. The van der Waals surface area contributed by atoms with Crippen molar-refractivity contribution in [2.24, 2.45) is 0 Å². The van der Waals surface area contributed by atoms with E-state index in [9.17, 15) is 31.1 Å². The molecule has 5 rings (SSSR count). The summed E-state index contributed by atoms with van der Waals surface area (Å²) in [5.74, 6) is -0.594. The van der Waals surface area contributed by atoms with Gasteiger partial charge >= 0.3 is 12.4 Å². The first kappa shape index (κ1) is 26.8. The molecule has 3 aromatic heterocycles. The summed E-state index contributed by atoms with van der Waals surface area (Å²) in [6.07, 6.45) is -4.60. The third-order valence-electron chi connectivity index (χ3n) is 7.32. The predicted octanol–water partition coefficient (Wildman–Crippen LogP) is 7.02. The van der Waals surface area contributed by atoms with Gasteiger partial charge in [-0.2, -0.15) is 26.3 Å². The lowest BCUT2D eigenvalue weighted by molar-refractivity contribution is -0.139. The number of rotatable bonds is 4. The molecule has 3 heterocycles. The molecule has 0 aliphatic heterocycles. The zero-order valence-electron chi connectivity index (χ0n) is 20.9. The van der Waals surface area contributed by atoms with E-state index in [0.717, 1.165) is 12.1 Å². The second-order valence-electron chi connectivity index (χ2n) is 9.84. The number of halogens is 6. The Hall–Kier alpha value is -3.76. The zero-order valence-corrected chi connectivity index (χ0v) is 20.9. The van der Waals surface area contributed by atoms with E-state index < -0.39 is 35.6 Å². The van der Waals surface area contributed by atoms with Gasteiger partial charge in [-0.25, -0.2) is 4.98 Å². The molecule has 0 atom stereocenters. The van der Waals surface area contributed by atoms with Gasteiger partial charge in [-0.1, -0.05) is 18.2 Å². The normalized spacial score (nSPS) is 18.4. The van der Waals surface area contributed by atoms with Crippen molar-refractivity contribution in [1.82, 2.24) is 19.5 Å². The summed E-state index contributed by atoms with van der Waals surface area (Å²) >= 11 is 0. The smallest absolute Gasteiger partial charge is 0.285 e. The van der Waals surface area contributed by atoms with E-state index in [4.69, 9.17) is 0 Å². The van der Waals surface area contributed by atoms with Crippen molar-refractivity contribution >= 4 is 11.2 Å². The number of hydrogen-bond donors (Lipinski definition) is 0. The van der Waals surface area contributed by atoms with Crippen LogP contribution in [0.2, 0.25) is 0 Å². The quantitative estimate of drug-likeness (QED) is 0.258. The van der Waals surface area contributed by atoms with Crippen molar-refractivity contribution < 1.29 is 26.3 Å². The Morgan fingerprint density at radius 3 is 2.13 bits per heavy atom. The Bertz CT molecular complexity index is 1570. The van der Waals surface area contributed by atoms with Gasteiger partial charge in [0.05, 0.1) is 29.1 Å². The lowest BCUT2D eigenvalue weighted by Gasteiger charge is -2.30. The number of pyridine rings is 2. The van der Waals surface area contributed by atoms with Crippen LogP contribution in [0.25, 0.3) is 11.2 Å². The summed E-state index contributed by atoms with van der Waals surface area (Å²) in [6, 6.07) is 9.24. The van der Waals surface area contributed by atoms with E-state index in [1.54, 1.807) is 19.1 Å². The Morgan fingerprint density at radius 1 is 0.846 bits per heavy atom. The number of alkyl halides is 6. The average molecular weight is 547 g/mol. The minimum Gasteiger partial charge on any atom is -0.285 e. The van der Waals surface area contributed by atoms with E-state index in [0.29, 0.717) is 42.5 Å². The van der Waals surface area contributed by atoms with Gasteiger partial charge in [0.1, 0.15) is 5.52 Å². The van der Waals surface area contributed by atoms with Crippen molar-refractivity contribution in [1.29, 1.82) is 0 Å². The van der Waals surface area contributed by atoms with Crippen LogP contribution in [0, 0.1) is 6.92 Å². The van der Waals surface area contributed by atoms with E-state index >= 15 is 0 Å². The molecule has 0 unspecified atom stereocenters. The summed E-state index contributed by atoms with van der Waals surface area (Å²) in [5, 5.41) is 0. The van der Waals surface area contributed by atoms with Gasteiger partial charge in [0.25, 0.3) is 5.56 Å². The minimum absolute atomic E-state index is 0.148. The highest BCUT2D eigenvalue weighted by molar-refractivity contribution is 5.71. The number of benzene rings is 1. The van der Waals surface area contributed by atoms with Crippen molar-refractivity contribution in [3.8, 4) is 0 Å². The molecule has 204 valence electrons. The fourth-order valence-electron chi connectivity index (χ4n) is 5.47. The van der Waals surface area contributed by atoms with Crippen molar-refractivity contribution in [2.75, 3.05) is 0 Å². The molecule has 4 aromatic rings.